The zero-order valence-electron chi connectivity index (χ0n) is 24.7. The molecular weight excluding hydrogens is 564 g/mol. The number of piperidine rings is 1. The Morgan fingerprint density at radius 1 is 1.05 bits per heavy atom. The average Bonchev–Trinajstić information content (AvgIpc) is 3.40. The largest absolute Gasteiger partial charge is 0.493 e. The number of imidazole rings is 1. The van der Waals surface area contributed by atoms with E-state index in [9.17, 15) is 13.2 Å². The van der Waals surface area contributed by atoms with E-state index >= 15 is 0 Å². The minimum Gasteiger partial charge on any atom is -0.493 e. The van der Waals surface area contributed by atoms with Crippen molar-refractivity contribution in [2.45, 2.75) is 43.7 Å². The summed E-state index contributed by atoms with van der Waals surface area (Å²) in [5.41, 5.74) is 3.22. The highest BCUT2D eigenvalue weighted by molar-refractivity contribution is 7.89. The maximum Gasteiger partial charge on any atom is 0.259 e. The Balaban J connectivity index is 1.40. The van der Waals surface area contributed by atoms with Crippen LogP contribution in [0.4, 0.5) is 0 Å². The van der Waals surface area contributed by atoms with Crippen molar-refractivity contribution < 1.29 is 13.2 Å². The quantitative estimate of drug-likeness (QED) is 0.265. The zero-order chi connectivity index (χ0) is 30.1. The number of nitrogens with one attached hydrogen (secondary N) is 1. The van der Waals surface area contributed by atoms with Crippen LogP contribution in [0.5, 0.6) is 5.75 Å². The number of nitrogens with zero attached hydrogens (tertiary/aromatic N) is 5. The van der Waals surface area contributed by atoms with Crippen molar-refractivity contribution in [3.63, 3.8) is 0 Å². The minimum absolute atomic E-state index is 0.0802. The summed E-state index contributed by atoms with van der Waals surface area (Å²) in [7, 11) is -0.112. The summed E-state index contributed by atoms with van der Waals surface area (Å²) in [6.07, 6.45) is 4.07. The average molecular weight is 601 g/mol. The number of ether oxygens (including phenoxy) is 1. The SMILES string of the molecule is CCCOc1ccc(S(=O)(=O)N(C)C2CCN(C)CC2)cc1-c1nc2cc3ncn(Cc4ccccc4)c3cc2c(=O)[nH]1. The van der Waals surface area contributed by atoms with Crippen LogP contribution in [0.25, 0.3) is 33.3 Å². The summed E-state index contributed by atoms with van der Waals surface area (Å²) in [5.74, 6) is 0.698. The summed E-state index contributed by atoms with van der Waals surface area (Å²) in [5, 5.41) is 0.424. The van der Waals surface area contributed by atoms with Gasteiger partial charge in [-0.3, -0.25) is 4.79 Å². The first-order valence-corrected chi connectivity index (χ1v) is 16.0. The third-order valence-corrected chi connectivity index (χ3v) is 10.1. The van der Waals surface area contributed by atoms with Crippen molar-refractivity contribution in [1.29, 1.82) is 0 Å². The molecule has 2 aromatic heterocycles. The van der Waals surface area contributed by atoms with Gasteiger partial charge >= 0.3 is 0 Å². The standard InChI is InChI=1S/C32H36N6O4S/c1-4-16-42-30-11-10-24(43(40,41)37(3)23-12-14-36(2)15-13-23)17-26(30)31-34-27-19-28-29(18-25(27)32(39)35-31)38(21-33-28)20-22-8-6-5-7-9-22/h5-11,17-19,21,23H,4,12-16,20H2,1-3H3,(H,34,35,39). The second kappa shape index (κ2) is 11.9. The number of sulfonamides is 1. The fourth-order valence-corrected chi connectivity index (χ4v) is 7.08. The van der Waals surface area contributed by atoms with Crippen LogP contribution in [-0.2, 0) is 16.6 Å². The Bertz CT molecular complexity index is 1930. The van der Waals surface area contributed by atoms with E-state index in [2.05, 4.69) is 14.9 Å². The monoisotopic (exact) mass is 600 g/mol. The molecule has 1 fully saturated rings. The lowest BCUT2D eigenvalue weighted by Crippen LogP contribution is -2.44. The molecule has 11 heteroatoms. The third kappa shape index (κ3) is 5.80. The maximum absolute atomic E-state index is 13.7. The Hall–Kier alpha value is -4.06. The molecule has 0 bridgehead atoms. The van der Waals surface area contributed by atoms with Gasteiger partial charge in [-0.15, -0.1) is 0 Å². The Morgan fingerprint density at radius 2 is 1.81 bits per heavy atom. The molecule has 1 N–H and O–H groups in total. The molecule has 0 atom stereocenters. The number of rotatable bonds is 9. The van der Waals surface area contributed by atoms with Gasteiger partial charge in [-0.1, -0.05) is 37.3 Å². The molecule has 6 rings (SSSR count). The third-order valence-electron chi connectivity index (χ3n) is 8.19. The first kappa shape index (κ1) is 29.0. The molecule has 10 nitrogen and oxygen atoms in total. The van der Waals surface area contributed by atoms with Gasteiger partial charge in [0.25, 0.3) is 5.56 Å². The van der Waals surface area contributed by atoms with E-state index in [1.54, 1.807) is 37.6 Å². The number of hydrogen-bond acceptors (Lipinski definition) is 7. The number of likely N-dealkylation sites (tertiary alicyclic amines) is 1. The fourth-order valence-electron chi connectivity index (χ4n) is 5.64. The van der Waals surface area contributed by atoms with E-state index < -0.39 is 10.0 Å². The lowest BCUT2D eigenvalue weighted by atomic mass is 10.1. The van der Waals surface area contributed by atoms with Crippen molar-refractivity contribution in [3.8, 4) is 17.1 Å². The van der Waals surface area contributed by atoms with Crippen LogP contribution in [0.15, 0.2) is 76.7 Å². The topological polar surface area (TPSA) is 113 Å². The Morgan fingerprint density at radius 3 is 2.56 bits per heavy atom. The normalized spacial score (nSPS) is 15.1. The van der Waals surface area contributed by atoms with Gasteiger partial charge in [-0.25, -0.2) is 18.4 Å². The van der Waals surface area contributed by atoms with Crippen LogP contribution in [0, 0.1) is 0 Å². The maximum atomic E-state index is 13.7. The molecular formula is C32H36N6O4S. The number of H-pyrrole nitrogens is 1. The van der Waals surface area contributed by atoms with Gasteiger partial charge in [-0.2, -0.15) is 4.31 Å². The van der Waals surface area contributed by atoms with E-state index in [0.29, 0.717) is 40.9 Å². The highest BCUT2D eigenvalue weighted by Gasteiger charge is 2.31. The summed E-state index contributed by atoms with van der Waals surface area (Å²) < 4.78 is 37.0. The Labute approximate surface area is 251 Å². The van der Waals surface area contributed by atoms with Gasteiger partial charge in [-0.05, 0) is 75.3 Å². The van der Waals surface area contributed by atoms with Crippen molar-refractivity contribution in [2.24, 2.45) is 0 Å². The minimum atomic E-state index is -3.80. The molecule has 224 valence electrons. The molecule has 0 amide bonds. The summed E-state index contributed by atoms with van der Waals surface area (Å²) in [6, 6.07) is 18.4. The molecule has 0 spiro atoms. The number of aromatic nitrogens is 4. The fraction of sp³-hybridized carbons (Fsp3) is 0.344. The molecule has 1 aliphatic heterocycles. The zero-order valence-corrected chi connectivity index (χ0v) is 25.5. The van der Waals surface area contributed by atoms with Crippen LogP contribution in [-0.4, -0.2) is 77.0 Å². The number of benzene rings is 3. The lowest BCUT2D eigenvalue weighted by molar-refractivity contribution is 0.197. The predicted octanol–water partition coefficient (Wildman–Crippen LogP) is 4.49. The van der Waals surface area contributed by atoms with Crippen LogP contribution < -0.4 is 10.3 Å². The molecule has 0 aliphatic carbocycles. The van der Waals surface area contributed by atoms with Crippen molar-refractivity contribution in [3.05, 3.63) is 82.9 Å². The van der Waals surface area contributed by atoms with E-state index in [4.69, 9.17) is 9.72 Å². The van der Waals surface area contributed by atoms with E-state index in [1.807, 2.05) is 54.9 Å². The van der Waals surface area contributed by atoms with Crippen LogP contribution in [0.2, 0.25) is 0 Å². The molecule has 1 saturated heterocycles. The molecule has 1 aliphatic rings. The molecule has 0 saturated carbocycles. The molecule has 5 aromatic rings. The highest BCUT2D eigenvalue weighted by Crippen LogP contribution is 2.33. The van der Waals surface area contributed by atoms with E-state index in [-0.39, 0.29) is 22.3 Å². The summed E-state index contributed by atoms with van der Waals surface area (Å²) >= 11 is 0. The van der Waals surface area contributed by atoms with Crippen molar-refractivity contribution in [2.75, 3.05) is 33.8 Å². The van der Waals surface area contributed by atoms with E-state index in [0.717, 1.165) is 43.4 Å². The van der Waals surface area contributed by atoms with Crippen molar-refractivity contribution in [1.82, 2.24) is 28.7 Å². The first-order chi connectivity index (χ1) is 20.7. The van der Waals surface area contributed by atoms with Gasteiger partial charge in [0, 0.05) is 19.6 Å². The molecule has 0 radical (unpaired) electrons. The van der Waals surface area contributed by atoms with E-state index in [1.165, 1.54) is 4.31 Å². The summed E-state index contributed by atoms with van der Waals surface area (Å²) in [6.45, 7) is 4.75. The van der Waals surface area contributed by atoms with Crippen LogP contribution in [0.3, 0.4) is 0 Å². The summed E-state index contributed by atoms with van der Waals surface area (Å²) in [4.78, 5) is 28.0. The second-order valence-electron chi connectivity index (χ2n) is 11.2. The van der Waals surface area contributed by atoms with Crippen molar-refractivity contribution >= 4 is 32.0 Å². The molecule has 43 heavy (non-hydrogen) atoms. The lowest BCUT2D eigenvalue weighted by Gasteiger charge is -2.34. The smallest absolute Gasteiger partial charge is 0.259 e. The van der Waals surface area contributed by atoms with Gasteiger partial charge < -0.3 is 19.2 Å². The first-order valence-electron chi connectivity index (χ1n) is 14.6. The van der Waals surface area contributed by atoms with Gasteiger partial charge in [0.2, 0.25) is 10.0 Å². The highest BCUT2D eigenvalue weighted by atomic mass is 32.2. The number of hydrogen-bond donors (Lipinski definition) is 1. The van der Waals surface area contributed by atoms with Crippen LogP contribution in [0.1, 0.15) is 31.7 Å². The number of aromatic amines is 1. The number of fused-ring (bicyclic) bond motifs is 2. The Kier molecular flexibility index (Phi) is 8.04. The predicted molar refractivity (Wildman–Crippen MR) is 168 cm³/mol. The van der Waals surface area contributed by atoms with Gasteiger partial charge in [0.1, 0.15) is 11.6 Å². The van der Waals surface area contributed by atoms with Crippen LogP contribution >= 0.6 is 0 Å². The van der Waals surface area contributed by atoms with Gasteiger partial charge in [0.05, 0.1) is 45.3 Å². The second-order valence-corrected chi connectivity index (χ2v) is 13.2. The molecule has 3 aromatic carbocycles. The molecule has 3 heterocycles. The molecule has 0 unspecified atom stereocenters. The van der Waals surface area contributed by atoms with Gasteiger partial charge in [0.15, 0.2) is 0 Å².